The molecule has 1 atom stereocenters. The number of amides is 2. The van der Waals surface area contributed by atoms with Crippen LogP contribution in [0.15, 0.2) is 18.3 Å². The molecule has 2 amide bonds. The molecule has 8 heteroatoms. The number of carbonyl (C=O) groups is 3. The highest BCUT2D eigenvalue weighted by atomic mass is 16.5. The maximum absolute atomic E-state index is 11.7. The fourth-order valence-corrected chi connectivity index (χ4v) is 1.35. The van der Waals surface area contributed by atoms with Crippen molar-refractivity contribution in [3.63, 3.8) is 0 Å². The minimum absolute atomic E-state index is 0.165. The van der Waals surface area contributed by atoms with E-state index in [2.05, 4.69) is 20.4 Å². The van der Waals surface area contributed by atoms with Gasteiger partial charge in [0, 0.05) is 20.4 Å². The van der Waals surface area contributed by atoms with Gasteiger partial charge in [0.25, 0.3) is 11.8 Å². The fraction of sp³-hybridized carbons (Fsp3) is 0.333. The van der Waals surface area contributed by atoms with E-state index in [9.17, 15) is 14.4 Å². The third kappa shape index (κ3) is 4.02. The van der Waals surface area contributed by atoms with E-state index in [-0.39, 0.29) is 23.7 Å². The molecule has 0 aliphatic carbocycles. The number of pyridine rings is 1. The van der Waals surface area contributed by atoms with Crippen LogP contribution in [0.25, 0.3) is 0 Å². The quantitative estimate of drug-likeness (QED) is 0.633. The zero-order chi connectivity index (χ0) is 15.1. The van der Waals surface area contributed by atoms with Crippen LogP contribution < -0.4 is 10.6 Å². The van der Waals surface area contributed by atoms with E-state index < -0.39 is 18.0 Å². The molecule has 0 saturated heterocycles. The number of methoxy groups -OCH3 is 1. The van der Waals surface area contributed by atoms with Gasteiger partial charge >= 0.3 is 5.97 Å². The molecule has 1 heterocycles. The smallest absolute Gasteiger partial charge is 0.334 e. The minimum Gasteiger partial charge on any atom is -0.479 e. The van der Waals surface area contributed by atoms with Gasteiger partial charge in [0.1, 0.15) is 5.69 Å². The lowest BCUT2D eigenvalue weighted by Gasteiger charge is -2.11. The van der Waals surface area contributed by atoms with Gasteiger partial charge in [-0.3, -0.25) is 14.6 Å². The summed E-state index contributed by atoms with van der Waals surface area (Å²) in [6.45, 7) is -0.165. The van der Waals surface area contributed by atoms with Gasteiger partial charge in [0.15, 0.2) is 6.10 Å². The molecule has 0 radical (unpaired) electrons. The monoisotopic (exact) mass is 281 g/mol. The van der Waals surface area contributed by atoms with Gasteiger partial charge in [-0.25, -0.2) is 4.79 Å². The molecule has 0 spiro atoms. The lowest BCUT2D eigenvalue weighted by atomic mass is 10.2. The van der Waals surface area contributed by atoms with Crippen molar-refractivity contribution in [2.45, 2.75) is 6.10 Å². The van der Waals surface area contributed by atoms with E-state index in [4.69, 9.17) is 5.11 Å². The lowest BCUT2D eigenvalue weighted by molar-refractivity contribution is -0.148. The molecule has 1 unspecified atom stereocenters. The van der Waals surface area contributed by atoms with E-state index in [0.29, 0.717) is 0 Å². The summed E-state index contributed by atoms with van der Waals surface area (Å²) in [5.74, 6) is -2.02. The van der Waals surface area contributed by atoms with Crippen molar-refractivity contribution < 1.29 is 24.2 Å². The van der Waals surface area contributed by atoms with Crippen molar-refractivity contribution in [2.24, 2.45) is 0 Å². The van der Waals surface area contributed by atoms with Crippen LogP contribution in [0, 0.1) is 0 Å². The molecule has 0 saturated carbocycles. The first kappa shape index (κ1) is 15.6. The van der Waals surface area contributed by atoms with Crippen LogP contribution in [-0.2, 0) is 9.53 Å². The number of rotatable bonds is 6. The van der Waals surface area contributed by atoms with Crippen LogP contribution in [0.3, 0.4) is 0 Å². The highest BCUT2D eigenvalue weighted by Gasteiger charge is 2.18. The summed E-state index contributed by atoms with van der Waals surface area (Å²) in [5, 5.41) is 13.6. The second kappa shape index (κ2) is 7.19. The molecule has 0 bridgehead atoms. The third-order valence-corrected chi connectivity index (χ3v) is 2.49. The average Bonchev–Trinajstić information content (AvgIpc) is 2.46. The number of carboxylic acid groups (broad SMARTS) is 1. The molecule has 3 N–H and O–H groups in total. The summed E-state index contributed by atoms with van der Waals surface area (Å²) >= 11 is 0. The largest absolute Gasteiger partial charge is 0.479 e. The van der Waals surface area contributed by atoms with Crippen molar-refractivity contribution >= 4 is 17.8 Å². The Morgan fingerprint density at radius 3 is 2.50 bits per heavy atom. The molecule has 1 aromatic rings. The molecular formula is C12H15N3O5. The molecule has 8 nitrogen and oxygen atoms in total. The van der Waals surface area contributed by atoms with Crippen LogP contribution in [0.4, 0.5) is 0 Å². The van der Waals surface area contributed by atoms with Gasteiger partial charge in [-0.15, -0.1) is 0 Å². The predicted octanol–water partition coefficient (Wildman–Crippen LogP) is -0.729. The predicted molar refractivity (Wildman–Crippen MR) is 68.4 cm³/mol. The summed E-state index contributed by atoms with van der Waals surface area (Å²) in [6.07, 6.45) is 0.125. The number of aromatic nitrogens is 1. The maximum atomic E-state index is 11.7. The molecule has 1 rings (SSSR count). The highest BCUT2D eigenvalue weighted by molar-refractivity contribution is 5.96. The Kier molecular flexibility index (Phi) is 5.60. The molecule has 20 heavy (non-hydrogen) atoms. The number of nitrogens with one attached hydrogen (secondary N) is 2. The van der Waals surface area contributed by atoms with Gasteiger partial charge in [0.2, 0.25) is 0 Å². The highest BCUT2D eigenvalue weighted by Crippen LogP contribution is 2.01. The van der Waals surface area contributed by atoms with Gasteiger partial charge in [0.05, 0.1) is 12.1 Å². The van der Waals surface area contributed by atoms with Crippen LogP contribution in [0.1, 0.15) is 20.8 Å². The summed E-state index contributed by atoms with van der Waals surface area (Å²) in [4.78, 5) is 37.5. The summed E-state index contributed by atoms with van der Waals surface area (Å²) in [6, 6.07) is 2.83. The van der Waals surface area contributed by atoms with Crippen molar-refractivity contribution in [3.8, 4) is 0 Å². The molecule has 1 aromatic heterocycles. The Morgan fingerprint density at radius 1 is 1.35 bits per heavy atom. The van der Waals surface area contributed by atoms with Crippen molar-refractivity contribution in [2.75, 3.05) is 20.7 Å². The third-order valence-electron chi connectivity index (χ3n) is 2.49. The first-order chi connectivity index (χ1) is 9.49. The van der Waals surface area contributed by atoms with Crippen molar-refractivity contribution in [1.29, 1.82) is 0 Å². The second-order valence-corrected chi connectivity index (χ2v) is 3.78. The van der Waals surface area contributed by atoms with Crippen LogP contribution >= 0.6 is 0 Å². The topological polar surface area (TPSA) is 118 Å². The minimum atomic E-state index is -1.17. The Bertz CT molecular complexity index is 500. The van der Waals surface area contributed by atoms with Crippen LogP contribution in [-0.4, -0.2) is 54.7 Å². The molecular weight excluding hydrogens is 266 g/mol. The Hall–Kier alpha value is -2.48. The number of carboxylic acids is 1. The van der Waals surface area contributed by atoms with Gasteiger partial charge < -0.3 is 20.5 Å². The summed E-state index contributed by atoms with van der Waals surface area (Å²) in [5.41, 5.74) is 0.405. The van der Waals surface area contributed by atoms with E-state index in [1.807, 2.05) is 0 Å². The zero-order valence-electron chi connectivity index (χ0n) is 11.0. The normalized spacial score (nSPS) is 11.5. The number of hydrogen-bond acceptors (Lipinski definition) is 5. The average molecular weight is 281 g/mol. The van der Waals surface area contributed by atoms with E-state index in [1.54, 1.807) is 0 Å². The number of ether oxygens (including phenoxy) is 1. The molecule has 0 aliphatic rings. The number of hydrogen-bond donors (Lipinski definition) is 3. The Labute approximate surface area is 115 Å². The molecule has 0 fully saturated rings. The SMILES string of the molecule is CNC(=O)c1ccc(C(=O)NCC(OC)C(=O)O)cn1. The standard InChI is InChI=1S/C12H15N3O5/c1-13-11(17)8-4-3-7(5-14-8)10(16)15-6-9(20-2)12(18)19/h3-5,9H,6H2,1-2H3,(H,13,17)(H,15,16)(H,18,19). The van der Waals surface area contributed by atoms with Crippen molar-refractivity contribution in [3.05, 3.63) is 29.6 Å². The number of carbonyl (C=O) groups excluding carboxylic acids is 2. The summed E-state index contributed by atoms with van der Waals surface area (Å²) in [7, 11) is 2.71. The zero-order valence-corrected chi connectivity index (χ0v) is 11.0. The van der Waals surface area contributed by atoms with Gasteiger partial charge in [-0.05, 0) is 12.1 Å². The molecule has 0 aliphatic heterocycles. The lowest BCUT2D eigenvalue weighted by Crippen LogP contribution is -2.37. The summed E-state index contributed by atoms with van der Waals surface area (Å²) < 4.78 is 4.68. The fourth-order valence-electron chi connectivity index (χ4n) is 1.35. The van der Waals surface area contributed by atoms with E-state index in [1.165, 1.54) is 32.5 Å². The van der Waals surface area contributed by atoms with E-state index in [0.717, 1.165) is 0 Å². The van der Waals surface area contributed by atoms with Gasteiger partial charge in [-0.1, -0.05) is 0 Å². The second-order valence-electron chi connectivity index (χ2n) is 3.78. The van der Waals surface area contributed by atoms with Crippen LogP contribution in [0.2, 0.25) is 0 Å². The molecule has 0 aromatic carbocycles. The first-order valence-corrected chi connectivity index (χ1v) is 5.71. The number of nitrogens with zero attached hydrogens (tertiary/aromatic N) is 1. The molecule has 108 valence electrons. The van der Waals surface area contributed by atoms with E-state index >= 15 is 0 Å². The van der Waals surface area contributed by atoms with Crippen molar-refractivity contribution in [1.82, 2.24) is 15.6 Å². The Morgan fingerprint density at radius 2 is 2.05 bits per heavy atom. The first-order valence-electron chi connectivity index (χ1n) is 5.71. The van der Waals surface area contributed by atoms with Crippen LogP contribution in [0.5, 0.6) is 0 Å². The maximum Gasteiger partial charge on any atom is 0.334 e. The number of aliphatic carboxylic acids is 1. The Balaban J connectivity index is 2.64. The van der Waals surface area contributed by atoms with Gasteiger partial charge in [-0.2, -0.15) is 0 Å².